The summed E-state index contributed by atoms with van der Waals surface area (Å²) in [6.07, 6.45) is 6.91. The summed E-state index contributed by atoms with van der Waals surface area (Å²) < 4.78 is 0. The molecule has 0 bridgehead atoms. The Morgan fingerprint density at radius 1 is 1.71 bits per heavy atom. The molecular formula is C10H16N2O2. The van der Waals surface area contributed by atoms with Crippen LogP contribution in [0.4, 0.5) is 0 Å². The van der Waals surface area contributed by atoms with Crippen LogP contribution in [0.2, 0.25) is 0 Å². The highest BCUT2D eigenvalue weighted by Gasteiger charge is 2.29. The lowest BCUT2D eigenvalue weighted by Crippen LogP contribution is -2.43. The summed E-state index contributed by atoms with van der Waals surface area (Å²) >= 11 is 0. The van der Waals surface area contributed by atoms with Gasteiger partial charge < -0.3 is 16.2 Å². The summed E-state index contributed by atoms with van der Waals surface area (Å²) in [7, 11) is 0. The number of terminal acetylenes is 1. The van der Waals surface area contributed by atoms with Gasteiger partial charge in [-0.15, -0.1) is 12.3 Å². The van der Waals surface area contributed by atoms with E-state index in [1.165, 1.54) is 0 Å². The van der Waals surface area contributed by atoms with Crippen molar-refractivity contribution >= 4 is 5.91 Å². The zero-order valence-corrected chi connectivity index (χ0v) is 8.07. The fraction of sp³-hybridized carbons (Fsp3) is 0.700. The summed E-state index contributed by atoms with van der Waals surface area (Å²) in [5, 5.41) is 12.0. The minimum atomic E-state index is -0.661. The Balaban J connectivity index is 2.16. The number of nitrogens with one attached hydrogen (secondary N) is 1. The van der Waals surface area contributed by atoms with Crippen molar-refractivity contribution in [2.45, 2.75) is 31.4 Å². The van der Waals surface area contributed by atoms with Gasteiger partial charge in [0.1, 0.15) is 0 Å². The second-order valence-corrected chi connectivity index (χ2v) is 3.66. The Morgan fingerprint density at radius 2 is 2.36 bits per heavy atom. The van der Waals surface area contributed by atoms with Gasteiger partial charge in [0.2, 0.25) is 5.91 Å². The highest BCUT2D eigenvalue weighted by atomic mass is 16.3. The van der Waals surface area contributed by atoms with Crippen LogP contribution in [0.15, 0.2) is 0 Å². The maximum Gasteiger partial charge on any atom is 0.237 e. The van der Waals surface area contributed by atoms with E-state index >= 15 is 0 Å². The third-order valence-corrected chi connectivity index (χ3v) is 2.33. The van der Waals surface area contributed by atoms with Crippen molar-refractivity contribution in [2.24, 2.45) is 11.7 Å². The molecule has 4 heteroatoms. The number of aliphatic hydroxyl groups excluding tert-OH is 1. The van der Waals surface area contributed by atoms with Crippen LogP contribution in [0.3, 0.4) is 0 Å². The average molecular weight is 196 g/mol. The molecule has 0 aromatic rings. The molecule has 0 aromatic heterocycles. The molecule has 2 atom stereocenters. The summed E-state index contributed by atoms with van der Waals surface area (Å²) in [6, 6.07) is -0.661. The first kappa shape index (κ1) is 11.0. The Labute approximate surface area is 83.9 Å². The highest BCUT2D eigenvalue weighted by Crippen LogP contribution is 2.32. The molecule has 1 aliphatic rings. The van der Waals surface area contributed by atoms with Gasteiger partial charge in [-0.3, -0.25) is 4.79 Å². The van der Waals surface area contributed by atoms with E-state index in [9.17, 15) is 9.90 Å². The smallest absolute Gasteiger partial charge is 0.237 e. The van der Waals surface area contributed by atoms with Crippen LogP contribution in [-0.4, -0.2) is 29.7 Å². The second-order valence-electron chi connectivity index (χ2n) is 3.66. The maximum atomic E-state index is 11.2. The fourth-order valence-corrected chi connectivity index (χ4v) is 1.20. The molecule has 78 valence electrons. The average Bonchev–Trinajstić information content (AvgIpc) is 2.97. The molecule has 1 aliphatic carbocycles. The van der Waals surface area contributed by atoms with Crippen molar-refractivity contribution in [3.05, 3.63) is 0 Å². The van der Waals surface area contributed by atoms with Gasteiger partial charge >= 0.3 is 0 Å². The van der Waals surface area contributed by atoms with E-state index in [4.69, 9.17) is 12.2 Å². The molecule has 1 saturated carbocycles. The van der Waals surface area contributed by atoms with Crippen molar-refractivity contribution in [3.8, 4) is 12.3 Å². The number of hydrogen-bond acceptors (Lipinski definition) is 3. The van der Waals surface area contributed by atoms with Gasteiger partial charge in [0, 0.05) is 13.0 Å². The van der Waals surface area contributed by atoms with Gasteiger partial charge in [-0.2, -0.15) is 0 Å². The van der Waals surface area contributed by atoms with Crippen LogP contribution in [0.1, 0.15) is 19.3 Å². The first-order chi connectivity index (χ1) is 6.65. The van der Waals surface area contributed by atoms with Gasteiger partial charge in [0.15, 0.2) is 0 Å². The van der Waals surface area contributed by atoms with Gasteiger partial charge in [0.05, 0.1) is 12.1 Å². The predicted molar refractivity (Wildman–Crippen MR) is 53.2 cm³/mol. The number of carbonyl (C=O) groups excluding carboxylic acids is 1. The Hall–Kier alpha value is -1.05. The largest absolute Gasteiger partial charge is 0.391 e. The quantitative estimate of drug-likeness (QED) is 0.505. The van der Waals surface area contributed by atoms with E-state index in [1.807, 2.05) is 0 Å². The molecule has 1 rings (SSSR count). The normalized spacial score (nSPS) is 19.5. The Bertz CT molecular complexity index is 243. The van der Waals surface area contributed by atoms with E-state index < -0.39 is 12.1 Å². The molecule has 1 fully saturated rings. The van der Waals surface area contributed by atoms with Crippen molar-refractivity contribution in [2.75, 3.05) is 6.54 Å². The van der Waals surface area contributed by atoms with Crippen LogP contribution in [0.5, 0.6) is 0 Å². The summed E-state index contributed by atoms with van der Waals surface area (Å²) in [4.78, 5) is 11.2. The molecule has 0 spiro atoms. The molecule has 4 nitrogen and oxygen atoms in total. The topological polar surface area (TPSA) is 75.4 Å². The third kappa shape index (κ3) is 3.36. The molecule has 0 aromatic carbocycles. The second kappa shape index (κ2) is 4.99. The number of aliphatic hydroxyl groups is 1. The Morgan fingerprint density at radius 3 is 2.86 bits per heavy atom. The van der Waals surface area contributed by atoms with E-state index in [-0.39, 0.29) is 18.9 Å². The first-order valence-corrected chi connectivity index (χ1v) is 4.80. The molecular weight excluding hydrogens is 180 g/mol. The molecule has 1 amide bonds. The lowest BCUT2D eigenvalue weighted by Gasteiger charge is -2.13. The number of amides is 1. The maximum absolute atomic E-state index is 11.2. The summed E-state index contributed by atoms with van der Waals surface area (Å²) in [6.45, 7) is 0.280. The number of carbonyl (C=O) groups is 1. The van der Waals surface area contributed by atoms with Gasteiger partial charge in [-0.05, 0) is 18.8 Å². The monoisotopic (exact) mass is 196 g/mol. The highest BCUT2D eigenvalue weighted by molar-refractivity contribution is 5.81. The Kier molecular flexibility index (Phi) is 3.93. The molecule has 0 heterocycles. The molecule has 0 radical (unpaired) electrons. The minimum absolute atomic E-state index is 0.228. The van der Waals surface area contributed by atoms with Crippen LogP contribution in [-0.2, 0) is 4.79 Å². The van der Waals surface area contributed by atoms with E-state index in [1.54, 1.807) is 0 Å². The predicted octanol–water partition coefficient (Wildman–Crippen LogP) is -0.776. The minimum Gasteiger partial charge on any atom is -0.391 e. The number of hydrogen-bond donors (Lipinski definition) is 3. The van der Waals surface area contributed by atoms with Crippen molar-refractivity contribution < 1.29 is 9.90 Å². The SMILES string of the molecule is C#CCC(N)C(=O)NCC(O)C1CC1. The zero-order chi connectivity index (χ0) is 10.6. The number of rotatable bonds is 5. The van der Waals surface area contributed by atoms with Gasteiger partial charge in [0.25, 0.3) is 0 Å². The molecule has 0 saturated heterocycles. The number of nitrogens with two attached hydrogens (primary N) is 1. The summed E-state index contributed by atoms with van der Waals surface area (Å²) in [5.41, 5.74) is 5.47. The molecule has 2 unspecified atom stereocenters. The van der Waals surface area contributed by atoms with E-state index in [0.717, 1.165) is 12.8 Å². The van der Waals surface area contributed by atoms with Gasteiger partial charge in [-0.25, -0.2) is 0 Å². The zero-order valence-electron chi connectivity index (χ0n) is 8.07. The lowest BCUT2D eigenvalue weighted by molar-refractivity contribution is -0.122. The van der Waals surface area contributed by atoms with Crippen LogP contribution >= 0.6 is 0 Å². The van der Waals surface area contributed by atoms with Crippen molar-refractivity contribution in [1.82, 2.24) is 5.32 Å². The van der Waals surface area contributed by atoms with Crippen LogP contribution in [0.25, 0.3) is 0 Å². The lowest BCUT2D eigenvalue weighted by atomic mass is 10.2. The molecule has 0 aliphatic heterocycles. The van der Waals surface area contributed by atoms with E-state index in [2.05, 4.69) is 11.2 Å². The standard InChI is InChI=1S/C10H16N2O2/c1-2-3-8(11)10(14)12-6-9(13)7-4-5-7/h1,7-9,13H,3-6,11H2,(H,12,14). The van der Waals surface area contributed by atoms with Crippen LogP contribution < -0.4 is 11.1 Å². The summed E-state index contributed by atoms with van der Waals surface area (Å²) in [5.74, 6) is 2.39. The van der Waals surface area contributed by atoms with Crippen LogP contribution in [0, 0.1) is 18.3 Å². The van der Waals surface area contributed by atoms with E-state index in [0.29, 0.717) is 5.92 Å². The fourth-order valence-electron chi connectivity index (χ4n) is 1.20. The first-order valence-electron chi connectivity index (χ1n) is 4.80. The van der Waals surface area contributed by atoms with Crippen molar-refractivity contribution in [1.29, 1.82) is 0 Å². The van der Waals surface area contributed by atoms with Crippen molar-refractivity contribution in [3.63, 3.8) is 0 Å². The van der Waals surface area contributed by atoms with Gasteiger partial charge in [-0.1, -0.05) is 0 Å². The molecule has 4 N–H and O–H groups in total. The molecule has 14 heavy (non-hydrogen) atoms. The third-order valence-electron chi connectivity index (χ3n) is 2.33.